The summed E-state index contributed by atoms with van der Waals surface area (Å²) in [5.74, 6) is 0.0250. The fraction of sp³-hybridized carbons (Fsp3) is 0.818. The average Bonchev–Trinajstić information content (AvgIpc) is 2.59. The number of hydrogen-bond acceptors (Lipinski definition) is 2. The summed E-state index contributed by atoms with van der Waals surface area (Å²) in [6, 6.07) is 0. The highest BCUT2D eigenvalue weighted by molar-refractivity contribution is 5.74. The molecule has 1 aliphatic carbocycles. The van der Waals surface area contributed by atoms with Crippen LogP contribution in [0.2, 0.25) is 0 Å². The van der Waals surface area contributed by atoms with Crippen molar-refractivity contribution in [3.63, 3.8) is 0 Å². The van der Waals surface area contributed by atoms with Crippen LogP contribution in [0.4, 0.5) is 0 Å². The second-order valence-electron chi connectivity index (χ2n) is 4.70. The van der Waals surface area contributed by atoms with Crippen molar-refractivity contribution < 1.29 is 14.7 Å². The predicted octanol–water partition coefficient (Wildman–Crippen LogP) is 0.966. The summed E-state index contributed by atoms with van der Waals surface area (Å²) < 4.78 is 0. The zero-order chi connectivity index (χ0) is 11.0. The van der Waals surface area contributed by atoms with E-state index < -0.39 is 5.97 Å². The molecule has 1 heterocycles. The molecule has 1 aliphatic heterocycles. The minimum Gasteiger partial charge on any atom is -0.481 e. The molecule has 15 heavy (non-hydrogen) atoms. The molecular formula is C11H17NO3. The van der Waals surface area contributed by atoms with E-state index in [9.17, 15) is 9.59 Å². The summed E-state index contributed by atoms with van der Waals surface area (Å²) in [7, 11) is 0. The SMILES string of the molecule is CC(=O)N1CC[C@H]2[C@H](CC[C@H]2C(=O)O)C1. The number of aliphatic carboxylic acids is 1. The lowest BCUT2D eigenvalue weighted by atomic mass is 9.83. The van der Waals surface area contributed by atoms with Gasteiger partial charge in [0, 0.05) is 20.0 Å². The highest BCUT2D eigenvalue weighted by Crippen LogP contribution is 2.42. The van der Waals surface area contributed by atoms with Gasteiger partial charge in [0.05, 0.1) is 5.92 Å². The van der Waals surface area contributed by atoms with Crippen molar-refractivity contribution >= 4 is 11.9 Å². The number of carboxylic acids is 1. The van der Waals surface area contributed by atoms with Gasteiger partial charge in [-0.05, 0) is 31.1 Å². The van der Waals surface area contributed by atoms with Gasteiger partial charge < -0.3 is 10.0 Å². The number of nitrogens with zero attached hydrogens (tertiary/aromatic N) is 1. The minimum atomic E-state index is -0.654. The number of carboxylic acid groups (broad SMARTS) is 1. The number of likely N-dealkylation sites (tertiary alicyclic amines) is 1. The zero-order valence-electron chi connectivity index (χ0n) is 8.98. The molecule has 0 spiro atoms. The maximum absolute atomic E-state index is 11.2. The molecule has 2 fully saturated rings. The lowest BCUT2D eigenvalue weighted by Crippen LogP contribution is -2.43. The van der Waals surface area contributed by atoms with Crippen molar-refractivity contribution in [1.29, 1.82) is 0 Å². The first-order chi connectivity index (χ1) is 7.09. The summed E-state index contributed by atoms with van der Waals surface area (Å²) in [6.45, 7) is 3.09. The van der Waals surface area contributed by atoms with E-state index in [-0.39, 0.29) is 11.8 Å². The smallest absolute Gasteiger partial charge is 0.306 e. The van der Waals surface area contributed by atoms with Crippen LogP contribution in [0, 0.1) is 17.8 Å². The number of piperidine rings is 1. The summed E-state index contributed by atoms with van der Waals surface area (Å²) in [5, 5.41) is 9.05. The van der Waals surface area contributed by atoms with E-state index in [0.717, 1.165) is 32.4 Å². The lowest BCUT2D eigenvalue weighted by Gasteiger charge is -2.35. The number of amides is 1. The Morgan fingerprint density at radius 3 is 2.60 bits per heavy atom. The van der Waals surface area contributed by atoms with Gasteiger partial charge in [-0.15, -0.1) is 0 Å². The molecule has 0 aromatic rings. The van der Waals surface area contributed by atoms with E-state index >= 15 is 0 Å². The molecule has 2 aliphatic rings. The van der Waals surface area contributed by atoms with Gasteiger partial charge in [-0.3, -0.25) is 9.59 Å². The Morgan fingerprint density at radius 2 is 2.00 bits per heavy atom. The van der Waals surface area contributed by atoms with Crippen LogP contribution in [-0.4, -0.2) is 35.0 Å². The molecule has 2 rings (SSSR count). The normalized spacial score (nSPS) is 35.0. The van der Waals surface area contributed by atoms with Gasteiger partial charge in [0.1, 0.15) is 0 Å². The van der Waals surface area contributed by atoms with E-state index in [4.69, 9.17) is 5.11 Å². The molecule has 1 saturated heterocycles. The van der Waals surface area contributed by atoms with E-state index in [2.05, 4.69) is 0 Å². The minimum absolute atomic E-state index is 0.118. The van der Waals surface area contributed by atoms with Crippen molar-refractivity contribution in [3.05, 3.63) is 0 Å². The Balaban J connectivity index is 2.02. The molecule has 0 unspecified atom stereocenters. The highest BCUT2D eigenvalue weighted by atomic mass is 16.4. The monoisotopic (exact) mass is 211 g/mol. The summed E-state index contributed by atoms with van der Waals surface area (Å²) >= 11 is 0. The van der Waals surface area contributed by atoms with Gasteiger partial charge >= 0.3 is 5.97 Å². The van der Waals surface area contributed by atoms with Crippen LogP contribution in [0.5, 0.6) is 0 Å². The van der Waals surface area contributed by atoms with Gasteiger partial charge in [0.25, 0.3) is 0 Å². The third kappa shape index (κ3) is 1.85. The van der Waals surface area contributed by atoms with Crippen LogP contribution in [-0.2, 0) is 9.59 Å². The van der Waals surface area contributed by atoms with Crippen molar-refractivity contribution in [3.8, 4) is 0 Å². The third-order valence-corrected chi connectivity index (χ3v) is 3.92. The number of fused-ring (bicyclic) bond motifs is 1. The van der Waals surface area contributed by atoms with E-state index in [1.54, 1.807) is 6.92 Å². The maximum atomic E-state index is 11.2. The van der Waals surface area contributed by atoms with Gasteiger partial charge in [-0.25, -0.2) is 0 Å². The molecule has 0 bridgehead atoms. The van der Waals surface area contributed by atoms with Crippen molar-refractivity contribution in [2.75, 3.05) is 13.1 Å². The number of hydrogen-bond donors (Lipinski definition) is 1. The summed E-state index contributed by atoms with van der Waals surface area (Å²) in [6.07, 6.45) is 2.61. The van der Waals surface area contributed by atoms with Crippen LogP contribution < -0.4 is 0 Å². The third-order valence-electron chi connectivity index (χ3n) is 3.92. The summed E-state index contributed by atoms with van der Waals surface area (Å²) in [4.78, 5) is 24.1. The molecule has 4 nitrogen and oxygen atoms in total. The second-order valence-corrected chi connectivity index (χ2v) is 4.70. The van der Waals surface area contributed by atoms with Crippen LogP contribution in [0.15, 0.2) is 0 Å². The molecule has 4 heteroatoms. The van der Waals surface area contributed by atoms with E-state index in [0.29, 0.717) is 11.8 Å². The molecule has 3 atom stereocenters. The van der Waals surface area contributed by atoms with Crippen LogP contribution >= 0.6 is 0 Å². The lowest BCUT2D eigenvalue weighted by molar-refractivity contribution is -0.144. The first kappa shape index (κ1) is 10.5. The average molecular weight is 211 g/mol. The van der Waals surface area contributed by atoms with E-state index in [1.807, 2.05) is 4.90 Å². The Morgan fingerprint density at radius 1 is 1.27 bits per heavy atom. The molecule has 1 saturated carbocycles. The van der Waals surface area contributed by atoms with Crippen molar-refractivity contribution in [2.24, 2.45) is 17.8 Å². The fourth-order valence-electron chi connectivity index (χ4n) is 3.09. The van der Waals surface area contributed by atoms with Crippen LogP contribution in [0.3, 0.4) is 0 Å². The predicted molar refractivity (Wildman–Crippen MR) is 54.2 cm³/mol. The molecule has 84 valence electrons. The van der Waals surface area contributed by atoms with E-state index in [1.165, 1.54) is 0 Å². The molecule has 0 aromatic heterocycles. The van der Waals surface area contributed by atoms with Crippen LogP contribution in [0.25, 0.3) is 0 Å². The molecular weight excluding hydrogens is 194 g/mol. The molecule has 1 amide bonds. The first-order valence-electron chi connectivity index (χ1n) is 5.58. The first-order valence-corrected chi connectivity index (χ1v) is 5.58. The van der Waals surface area contributed by atoms with Crippen LogP contribution in [0.1, 0.15) is 26.2 Å². The van der Waals surface area contributed by atoms with Gasteiger partial charge in [0.15, 0.2) is 0 Å². The number of carbonyl (C=O) groups excluding carboxylic acids is 1. The van der Waals surface area contributed by atoms with Gasteiger partial charge in [0.2, 0.25) is 5.91 Å². The Bertz CT molecular complexity index is 290. The van der Waals surface area contributed by atoms with Gasteiger partial charge in [-0.2, -0.15) is 0 Å². The van der Waals surface area contributed by atoms with Crippen molar-refractivity contribution in [1.82, 2.24) is 4.90 Å². The highest BCUT2D eigenvalue weighted by Gasteiger charge is 2.43. The Kier molecular flexibility index (Phi) is 2.67. The summed E-state index contributed by atoms with van der Waals surface area (Å²) in [5.41, 5.74) is 0. The number of carbonyl (C=O) groups is 2. The molecule has 1 N–H and O–H groups in total. The van der Waals surface area contributed by atoms with Gasteiger partial charge in [-0.1, -0.05) is 0 Å². The quantitative estimate of drug-likeness (QED) is 0.703. The maximum Gasteiger partial charge on any atom is 0.306 e. The second kappa shape index (κ2) is 3.83. The molecule has 0 aromatic carbocycles. The fourth-order valence-corrected chi connectivity index (χ4v) is 3.09. The standard InChI is InChI=1S/C11H17NO3/c1-7(13)12-5-4-9-8(6-12)2-3-10(9)11(14)15/h8-10H,2-6H2,1H3,(H,14,15)/t8-,9+,10-/m1/s1. The largest absolute Gasteiger partial charge is 0.481 e. The molecule has 0 radical (unpaired) electrons. The zero-order valence-corrected chi connectivity index (χ0v) is 8.98. The van der Waals surface area contributed by atoms with Crippen molar-refractivity contribution in [2.45, 2.75) is 26.2 Å². The topological polar surface area (TPSA) is 57.6 Å². The Hall–Kier alpha value is -1.06. The number of rotatable bonds is 1. The Labute approximate surface area is 89.3 Å².